The fourth-order valence-corrected chi connectivity index (χ4v) is 1.91. The van der Waals surface area contributed by atoms with Crippen molar-refractivity contribution in [2.75, 3.05) is 6.54 Å². The maximum absolute atomic E-state index is 11.4. The molecular formula is C10H21N3O. The number of rotatable bonds is 3. The summed E-state index contributed by atoms with van der Waals surface area (Å²) >= 11 is 0. The zero-order valence-electron chi connectivity index (χ0n) is 9.05. The third kappa shape index (κ3) is 3.54. The predicted molar refractivity (Wildman–Crippen MR) is 57.0 cm³/mol. The third-order valence-electron chi connectivity index (χ3n) is 2.63. The average molecular weight is 199 g/mol. The highest BCUT2D eigenvalue weighted by molar-refractivity contribution is 5.74. The van der Waals surface area contributed by atoms with Gasteiger partial charge in [-0.2, -0.15) is 0 Å². The summed E-state index contributed by atoms with van der Waals surface area (Å²) in [5.41, 5.74) is 5.58. The summed E-state index contributed by atoms with van der Waals surface area (Å²) in [6.07, 6.45) is 3.23. The Morgan fingerprint density at radius 3 is 2.71 bits per heavy atom. The van der Waals surface area contributed by atoms with Crippen molar-refractivity contribution in [2.45, 2.75) is 45.2 Å². The van der Waals surface area contributed by atoms with Gasteiger partial charge in [-0.25, -0.2) is 4.79 Å². The van der Waals surface area contributed by atoms with Crippen molar-refractivity contribution >= 4 is 6.03 Å². The molecule has 0 saturated heterocycles. The minimum Gasteiger partial charge on any atom is -0.336 e. The van der Waals surface area contributed by atoms with Gasteiger partial charge in [0, 0.05) is 12.1 Å². The van der Waals surface area contributed by atoms with Gasteiger partial charge >= 0.3 is 6.03 Å². The molecular weight excluding hydrogens is 178 g/mol. The molecule has 14 heavy (non-hydrogen) atoms. The van der Waals surface area contributed by atoms with Gasteiger partial charge in [-0.3, -0.25) is 0 Å². The van der Waals surface area contributed by atoms with Gasteiger partial charge in [0.05, 0.1) is 0 Å². The molecule has 4 nitrogen and oxygen atoms in total. The third-order valence-corrected chi connectivity index (χ3v) is 2.63. The fourth-order valence-electron chi connectivity index (χ4n) is 1.91. The molecule has 1 fully saturated rings. The smallest absolute Gasteiger partial charge is 0.315 e. The van der Waals surface area contributed by atoms with E-state index in [1.54, 1.807) is 0 Å². The Kier molecular flexibility index (Phi) is 4.20. The molecule has 1 aliphatic rings. The van der Waals surface area contributed by atoms with Crippen LogP contribution in [0.15, 0.2) is 0 Å². The second kappa shape index (κ2) is 5.20. The molecule has 82 valence electrons. The first-order chi connectivity index (χ1) is 6.61. The van der Waals surface area contributed by atoms with Crippen LogP contribution in [-0.2, 0) is 0 Å². The SMILES string of the molecule is CC(C)NC(=O)NC1CCC(CN)C1. The number of hydrogen-bond acceptors (Lipinski definition) is 2. The molecule has 4 heteroatoms. The number of amides is 2. The average Bonchev–Trinajstić information content (AvgIpc) is 2.50. The lowest BCUT2D eigenvalue weighted by Gasteiger charge is -2.15. The van der Waals surface area contributed by atoms with Crippen LogP contribution in [0.1, 0.15) is 33.1 Å². The normalized spacial score (nSPS) is 26.6. The minimum absolute atomic E-state index is 0.0531. The van der Waals surface area contributed by atoms with E-state index in [0.717, 1.165) is 25.8 Å². The van der Waals surface area contributed by atoms with Gasteiger partial charge in [0.2, 0.25) is 0 Å². The summed E-state index contributed by atoms with van der Waals surface area (Å²) in [6.45, 7) is 4.65. The predicted octanol–water partition coefficient (Wildman–Crippen LogP) is 0.821. The van der Waals surface area contributed by atoms with E-state index in [2.05, 4.69) is 10.6 Å². The lowest BCUT2D eigenvalue weighted by molar-refractivity contribution is 0.234. The van der Waals surface area contributed by atoms with E-state index in [0.29, 0.717) is 12.0 Å². The zero-order chi connectivity index (χ0) is 10.6. The van der Waals surface area contributed by atoms with E-state index in [1.165, 1.54) is 0 Å². The number of hydrogen-bond donors (Lipinski definition) is 3. The van der Waals surface area contributed by atoms with Crippen LogP contribution in [0.2, 0.25) is 0 Å². The van der Waals surface area contributed by atoms with Crippen molar-refractivity contribution in [1.29, 1.82) is 0 Å². The topological polar surface area (TPSA) is 67.2 Å². The highest BCUT2D eigenvalue weighted by Crippen LogP contribution is 2.24. The van der Waals surface area contributed by atoms with E-state index in [4.69, 9.17) is 5.73 Å². The highest BCUT2D eigenvalue weighted by atomic mass is 16.2. The molecule has 0 spiro atoms. The number of carbonyl (C=O) groups is 1. The van der Waals surface area contributed by atoms with Crippen LogP contribution in [-0.4, -0.2) is 24.7 Å². The molecule has 0 aromatic rings. The van der Waals surface area contributed by atoms with Gasteiger partial charge in [0.1, 0.15) is 0 Å². The van der Waals surface area contributed by atoms with Crippen LogP contribution in [0.4, 0.5) is 4.79 Å². The Morgan fingerprint density at radius 2 is 2.21 bits per heavy atom. The Labute approximate surface area is 85.6 Å². The van der Waals surface area contributed by atoms with Gasteiger partial charge in [-0.15, -0.1) is 0 Å². The van der Waals surface area contributed by atoms with Crippen molar-refractivity contribution in [3.05, 3.63) is 0 Å². The molecule has 0 radical (unpaired) electrons. The van der Waals surface area contributed by atoms with Gasteiger partial charge in [0.15, 0.2) is 0 Å². The Bertz CT molecular complexity index is 194. The van der Waals surface area contributed by atoms with Crippen LogP contribution in [0.25, 0.3) is 0 Å². The molecule has 2 amide bonds. The van der Waals surface area contributed by atoms with Crippen LogP contribution < -0.4 is 16.4 Å². The number of carbonyl (C=O) groups excluding carboxylic acids is 1. The van der Waals surface area contributed by atoms with Crippen molar-refractivity contribution < 1.29 is 4.79 Å². The second-order valence-corrected chi connectivity index (χ2v) is 4.38. The summed E-state index contributed by atoms with van der Waals surface area (Å²) in [6, 6.07) is 0.465. The Hall–Kier alpha value is -0.770. The molecule has 0 heterocycles. The monoisotopic (exact) mass is 199 g/mol. The van der Waals surface area contributed by atoms with Gasteiger partial charge in [-0.1, -0.05) is 0 Å². The molecule has 0 aromatic heterocycles. The second-order valence-electron chi connectivity index (χ2n) is 4.38. The zero-order valence-corrected chi connectivity index (χ0v) is 9.05. The first-order valence-corrected chi connectivity index (χ1v) is 5.39. The van der Waals surface area contributed by atoms with Gasteiger partial charge in [0.25, 0.3) is 0 Å². The molecule has 4 N–H and O–H groups in total. The van der Waals surface area contributed by atoms with Crippen molar-refractivity contribution in [3.8, 4) is 0 Å². The maximum Gasteiger partial charge on any atom is 0.315 e. The van der Waals surface area contributed by atoms with Crippen LogP contribution in [0, 0.1) is 5.92 Å². The van der Waals surface area contributed by atoms with Crippen molar-refractivity contribution in [1.82, 2.24) is 10.6 Å². The van der Waals surface area contributed by atoms with E-state index in [1.807, 2.05) is 13.8 Å². The first-order valence-electron chi connectivity index (χ1n) is 5.39. The summed E-state index contributed by atoms with van der Waals surface area (Å²) in [7, 11) is 0. The summed E-state index contributed by atoms with van der Waals surface area (Å²) in [5.74, 6) is 0.597. The molecule has 2 atom stereocenters. The molecule has 0 bridgehead atoms. The lowest BCUT2D eigenvalue weighted by atomic mass is 10.1. The van der Waals surface area contributed by atoms with Crippen LogP contribution >= 0.6 is 0 Å². The number of urea groups is 1. The van der Waals surface area contributed by atoms with Crippen LogP contribution in [0.5, 0.6) is 0 Å². The Morgan fingerprint density at radius 1 is 1.50 bits per heavy atom. The van der Waals surface area contributed by atoms with E-state index in [9.17, 15) is 4.79 Å². The maximum atomic E-state index is 11.4. The van der Waals surface area contributed by atoms with Crippen LogP contribution in [0.3, 0.4) is 0 Å². The molecule has 1 rings (SSSR count). The Balaban J connectivity index is 2.22. The van der Waals surface area contributed by atoms with Gasteiger partial charge < -0.3 is 16.4 Å². The van der Waals surface area contributed by atoms with E-state index < -0.39 is 0 Å². The minimum atomic E-state index is -0.0531. The van der Waals surface area contributed by atoms with Crippen molar-refractivity contribution in [2.24, 2.45) is 11.7 Å². The molecule has 2 unspecified atom stereocenters. The number of nitrogens with two attached hydrogens (primary N) is 1. The van der Waals surface area contributed by atoms with Gasteiger partial charge in [-0.05, 0) is 45.6 Å². The molecule has 0 aliphatic heterocycles. The quantitative estimate of drug-likeness (QED) is 0.630. The molecule has 1 saturated carbocycles. The lowest BCUT2D eigenvalue weighted by Crippen LogP contribution is -2.43. The molecule has 0 aromatic carbocycles. The number of nitrogens with one attached hydrogen (secondary N) is 2. The summed E-state index contributed by atoms with van der Waals surface area (Å²) in [4.78, 5) is 11.4. The molecule has 1 aliphatic carbocycles. The van der Waals surface area contributed by atoms with E-state index in [-0.39, 0.29) is 12.1 Å². The standard InChI is InChI=1S/C10H21N3O/c1-7(2)12-10(14)13-9-4-3-8(5-9)6-11/h7-9H,3-6,11H2,1-2H3,(H2,12,13,14). The largest absolute Gasteiger partial charge is 0.336 e. The van der Waals surface area contributed by atoms with Crippen molar-refractivity contribution in [3.63, 3.8) is 0 Å². The highest BCUT2D eigenvalue weighted by Gasteiger charge is 2.24. The first kappa shape index (κ1) is 11.3. The van der Waals surface area contributed by atoms with E-state index >= 15 is 0 Å². The summed E-state index contributed by atoms with van der Waals surface area (Å²) in [5, 5.41) is 5.79. The fraction of sp³-hybridized carbons (Fsp3) is 0.900. The summed E-state index contributed by atoms with van der Waals surface area (Å²) < 4.78 is 0.